The van der Waals surface area contributed by atoms with Crippen molar-refractivity contribution >= 4 is 15.9 Å². The summed E-state index contributed by atoms with van der Waals surface area (Å²) in [5.74, 6) is -0.221. The summed E-state index contributed by atoms with van der Waals surface area (Å²) in [4.78, 5) is 0. The predicted molar refractivity (Wildman–Crippen MR) is 83.2 cm³/mol. The van der Waals surface area contributed by atoms with Crippen LogP contribution in [0.4, 0.5) is 0 Å². The third kappa shape index (κ3) is 2.52. The minimum absolute atomic E-state index is 0.0871. The van der Waals surface area contributed by atoms with Gasteiger partial charge in [0.15, 0.2) is 11.5 Å². The van der Waals surface area contributed by atoms with Crippen molar-refractivity contribution in [2.45, 2.75) is 18.6 Å². The number of nitrogens with two attached hydrogens (primary N) is 1. The number of aromatic hydroxyl groups is 2. The molecular formula is C16H16BrNO3. The lowest BCUT2D eigenvalue weighted by Crippen LogP contribution is -2.26. The first-order valence-corrected chi connectivity index (χ1v) is 7.54. The maximum atomic E-state index is 10.2. The molecule has 4 nitrogen and oxygen atoms in total. The highest BCUT2D eigenvalue weighted by molar-refractivity contribution is 9.10. The van der Waals surface area contributed by atoms with Crippen molar-refractivity contribution in [3.05, 3.63) is 57.6 Å². The molecule has 2 aromatic rings. The van der Waals surface area contributed by atoms with E-state index in [1.807, 2.05) is 30.3 Å². The normalized spacial score (nSPS) is 21.0. The highest BCUT2D eigenvalue weighted by Crippen LogP contribution is 2.47. The molecule has 1 aliphatic rings. The van der Waals surface area contributed by atoms with Gasteiger partial charge >= 0.3 is 0 Å². The van der Waals surface area contributed by atoms with Gasteiger partial charge in [-0.05, 0) is 11.6 Å². The van der Waals surface area contributed by atoms with Crippen molar-refractivity contribution in [2.75, 3.05) is 6.54 Å². The standard InChI is InChI=1S/C16H16BrNO3/c17-11-7-12(19)16(20)10-6-13(9-4-2-1-3-5-9)21-14(8-18)15(10)11/h1-5,7,13-14,19-20H,6,8,18H2. The maximum Gasteiger partial charge on any atom is 0.161 e. The van der Waals surface area contributed by atoms with Crippen molar-refractivity contribution in [1.82, 2.24) is 0 Å². The molecule has 5 heteroatoms. The number of phenols is 2. The Bertz CT molecular complexity index is 660. The second kappa shape index (κ2) is 5.67. The Hall–Kier alpha value is -1.56. The fraction of sp³-hybridized carbons (Fsp3) is 0.250. The molecule has 0 saturated heterocycles. The van der Waals surface area contributed by atoms with Crippen molar-refractivity contribution < 1.29 is 14.9 Å². The molecule has 4 N–H and O–H groups in total. The summed E-state index contributed by atoms with van der Waals surface area (Å²) in [5, 5.41) is 20.0. The van der Waals surface area contributed by atoms with Crippen LogP contribution in [-0.4, -0.2) is 16.8 Å². The Labute approximate surface area is 131 Å². The zero-order valence-corrected chi connectivity index (χ0v) is 12.9. The quantitative estimate of drug-likeness (QED) is 0.728. The predicted octanol–water partition coefficient (Wildman–Crippen LogP) is 3.17. The van der Waals surface area contributed by atoms with Gasteiger partial charge in [-0.25, -0.2) is 0 Å². The summed E-state index contributed by atoms with van der Waals surface area (Å²) < 4.78 is 6.78. The van der Waals surface area contributed by atoms with Crippen molar-refractivity contribution in [3.63, 3.8) is 0 Å². The zero-order chi connectivity index (χ0) is 15.0. The first kappa shape index (κ1) is 14.4. The molecule has 1 heterocycles. The molecule has 0 fully saturated rings. The Balaban J connectivity index is 2.08. The van der Waals surface area contributed by atoms with Gasteiger partial charge in [-0.1, -0.05) is 46.3 Å². The number of benzene rings is 2. The van der Waals surface area contributed by atoms with Gasteiger partial charge < -0.3 is 20.7 Å². The van der Waals surface area contributed by atoms with E-state index in [-0.39, 0.29) is 23.7 Å². The van der Waals surface area contributed by atoms with Crippen molar-refractivity contribution in [2.24, 2.45) is 5.73 Å². The smallest absolute Gasteiger partial charge is 0.161 e. The minimum atomic E-state index is -0.320. The van der Waals surface area contributed by atoms with Crippen LogP contribution >= 0.6 is 15.9 Å². The molecule has 0 bridgehead atoms. The molecule has 3 rings (SSSR count). The molecule has 2 atom stereocenters. The lowest BCUT2D eigenvalue weighted by Gasteiger charge is -2.33. The molecule has 21 heavy (non-hydrogen) atoms. The summed E-state index contributed by atoms with van der Waals surface area (Å²) >= 11 is 3.42. The van der Waals surface area contributed by atoms with E-state index in [0.29, 0.717) is 23.0 Å². The van der Waals surface area contributed by atoms with Gasteiger partial charge in [0, 0.05) is 28.6 Å². The fourth-order valence-electron chi connectivity index (χ4n) is 2.78. The van der Waals surface area contributed by atoms with Crippen LogP contribution < -0.4 is 5.73 Å². The van der Waals surface area contributed by atoms with E-state index < -0.39 is 0 Å². The van der Waals surface area contributed by atoms with E-state index in [1.165, 1.54) is 6.07 Å². The van der Waals surface area contributed by atoms with Crippen molar-refractivity contribution in [3.8, 4) is 11.5 Å². The van der Waals surface area contributed by atoms with E-state index in [2.05, 4.69) is 15.9 Å². The third-order valence-corrected chi connectivity index (χ3v) is 4.46. The molecule has 2 unspecified atom stereocenters. The summed E-state index contributed by atoms with van der Waals surface area (Å²) in [6, 6.07) is 11.3. The molecule has 0 radical (unpaired) electrons. The number of ether oxygens (including phenoxy) is 1. The van der Waals surface area contributed by atoms with Crippen LogP contribution in [0.5, 0.6) is 11.5 Å². The number of rotatable bonds is 2. The Morgan fingerprint density at radius 1 is 1.24 bits per heavy atom. The van der Waals surface area contributed by atoms with Crippen LogP contribution in [0.3, 0.4) is 0 Å². The summed E-state index contributed by atoms with van der Waals surface area (Å²) in [5.41, 5.74) is 8.37. The van der Waals surface area contributed by atoms with Gasteiger partial charge in [0.25, 0.3) is 0 Å². The van der Waals surface area contributed by atoms with Crippen LogP contribution in [-0.2, 0) is 11.2 Å². The Kier molecular flexibility index (Phi) is 3.89. The van der Waals surface area contributed by atoms with Gasteiger partial charge in [0.2, 0.25) is 0 Å². The van der Waals surface area contributed by atoms with Gasteiger partial charge in [-0.3, -0.25) is 0 Å². The molecule has 0 saturated carbocycles. The molecule has 110 valence electrons. The first-order valence-electron chi connectivity index (χ1n) is 6.75. The molecule has 1 aliphatic heterocycles. The van der Waals surface area contributed by atoms with Crippen molar-refractivity contribution in [1.29, 1.82) is 0 Å². The molecular weight excluding hydrogens is 334 g/mol. The Morgan fingerprint density at radius 3 is 2.62 bits per heavy atom. The number of phenolic OH excluding ortho intramolecular Hbond substituents is 2. The average Bonchev–Trinajstić information content (AvgIpc) is 2.52. The molecule has 0 amide bonds. The fourth-order valence-corrected chi connectivity index (χ4v) is 3.50. The monoisotopic (exact) mass is 349 g/mol. The lowest BCUT2D eigenvalue weighted by atomic mass is 9.90. The summed E-state index contributed by atoms with van der Waals surface area (Å²) in [7, 11) is 0. The van der Waals surface area contributed by atoms with E-state index in [0.717, 1.165) is 11.1 Å². The minimum Gasteiger partial charge on any atom is -0.504 e. The maximum absolute atomic E-state index is 10.2. The second-order valence-corrected chi connectivity index (χ2v) is 5.94. The van der Waals surface area contributed by atoms with Gasteiger partial charge in [0.05, 0.1) is 12.2 Å². The lowest BCUT2D eigenvalue weighted by molar-refractivity contribution is -0.0235. The van der Waals surface area contributed by atoms with Gasteiger partial charge in [-0.15, -0.1) is 0 Å². The highest BCUT2D eigenvalue weighted by Gasteiger charge is 2.32. The van der Waals surface area contributed by atoms with E-state index in [4.69, 9.17) is 10.5 Å². The Morgan fingerprint density at radius 2 is 1.95 bits per heavy atom. The summed E-state index contributed by atoms with van der Waals surface area (Å²) in [6.07, 6.45) is -0.0130. The van der Waals surface area contributed by atoms with Crippen LogP contribution in [0, 0.1) is 0 Å². The molecule has 2 aromatic carbocycles. The van der Waals surface area contributed by atoms with Crippen LogP contribution in [0.15, 0.2) is 40.9 Å². The topological polar surface area (TPSA) is 75.7 Å². The van der Waals surface area contributed by atoms with Gasteiger partial charge in [-0.2, -0.15) is 0 Å². The van der Waals surface area contributed by atoms with Gasteiger partial charge in [0.1, 0.15) is 0 Å². The van der Waals surface area contributed by atoms with E-state index in [1.54, 1.807) is 0 Å². The number of halogens is 1. The highest BCUT2D eigenvalue weighted by atomic mass is 79.9. The second-order valence-electron chi connectivity index (χ2n) is 5.08. The molecule has 0 aromatic heterocycles. The largest absolute Gasteiger partial charge is 0.504 e. The molecule has 0 aliphatic carbocycles. The third-order valence-electron chi connectivity index (χ3n) is 3.80. The van der Waals surface area contributed by atoms with Crippen LogP contribution in [0.1, 0.15) is 28.9 Å². The first-order chi connectivity index (χ1) is 10.1. The van der Waals surface area contributed by atoms with E-state index in [9.17, 15) is 10.2 Å². The summed E-state index contributed by atoms with van der Waals surface area (Å²) in [6.45, 7) is 0.305. The average molecular weight is 350 g/mol. The number of fused-ring (bicyclic) bond motifs is 1. The number of hydrogen-bond acceptors (Lipinski definition) is 4. The molecule has 0 spiro atoms. The van der Waals surface area contributed by atoms with E-state index >= 15 is 0 Å². The van der Waals surface area contributed by atoms with Crippen LogP contribution in [0.25, 0.3) is 0 Å². The van der Waals surface area contributed by atoms with Crippen LogP contribution in [0.2, 0.25) is 0 Å². The number of hydrogen-bond donors (Lipinski definition) is 3. The SMILES string of the molecule is NCC1OC(c2ccccc2)Cc2c(O)c(O)cc(Br)c21. The zero-order valence-electron chi connectivity index (χ0n) is 11.3.